The topological polar surface area (TPSA) is 58.5 Å². The van der Waals surface area contributed by atoms with Crippen LogP contribution in [0.25, 0.3) is 0 Å². The molecule has 114 valence electrons. The normalized spacial score (nSPS) is 10.9. The van der Waals surface area contributed by atoms with E-state index in [-0.39, 0.29) is 24.0 Å². The van der Waals surface area contributed by atoms with Gasteiger partial charge in [-0.05, 0) is 18.4 Å². The fraction of sp³-hybridized carbons (Fsp3) is 0.571. The smallest absolute Gasteiger partial charge is 0.213 e. The van der Waals surface area contributed by atoms with Gasteiger partial charge in [-0.1, -0.05) is 19.9 Å². The molecule has 0 aliphatic carbocycles. The molecule has 20 heavy (non-hydrogen) atoms. The van der Waals surface area contributed by atoms with Crippen LogP contribution in [-0.2, 0) is 6.54 Å². The molecular weight excluding hydrogens is 367 g/mol. The predicted molar refractivity (Wildman–Crippen MR) is 93.9 cm³/mol. The number of halogens is 1. The maximum absolute atomic E-state index is 5.09. The minimum Gasteiger partial charge on any atom is -0.481 e. The number of aliphatic imine (C=N–C) groups is 1. The van der Waals surface area contributed by atoms with E-state index < -0.39 is 0 Å². The van der Waals surface area contributed by atoms with Gasteiger partial charge in [0.15, 0.2) is 5.96 Å². The van der Waals surface area contributed by atoms with Gasteiger partial charge in [-0.15, -0.1) is 24.0 Å². The second-order valence-corrected chi connectivity index (χ2v) is 4.71. The summed E-state index contributed by atoms with van der Waals surface area (Å²) in [4.78, 5) is 8.52. The van der Waals surface area contributed by atoms with Gasteiger partial charge in [-0.25, -0.2) is 4.98 Å². The fourth-order valence-electron chi connectivity index (χ4n) is 1.54. The number of nitrogens with one attached hydrogen (secondary N) is 2. The second-order valence-electron chi connectivity index (χ2n) is 4.71. The van der Waals surface area contributed by atoms with Crippen LogP contribution in [0.1, 0.15) is 26.0 Å². The number of aromatic nitrogens is 1. The monoisotopic (exact) mass is 392 g/mol. The Kier molecular flexibility index (Phi) is 10.1. The Balaban J connectivity index is 0.00000361. The van der Waals surface area contributed by atoms with Gasteiger partial charge >= 0.3 is 0 Å². The number of methoxy groups -OCH3 is 1. The number of hydrogen-bond acceptors (Lipinski definition) is 3. The lowest BCUT2D eigenvalue weighted by atomic mass is 10.1. The highest BCUT2D eigenvalue weighted by molar-refractivity contribution is 14.0. The van der Waals surface area contributed by atoms with E-state index in [2.05, 4.69) is 34.5 Å². The van der Waals surface area contributed by atoms with E-state index in [9.17, 15) is 0 Å². The second kappa shape index (κ2) is 10.7. The Labute approximate surface area is 138 Å². The van der Waals surface area contributed by atoms with Gasteiger partial charge < -0.3 is 15.4 Å². The SMILES string of the molecule is CN=C(NCCC(C)C)NCc1cccc(OC)n1.I. The Bertz CT molecular complexity index is 410. The van der Waals surface area contributed by atoms with Crippen LogP contribution in [0.15, 0.2) is 23.2 Å². The van der Waals surface area contributed by atoms with E-state index in [4.69, 9.17) is 4.74 Å². The minimum absolute atomic E-state index is 0. The molecule has 0 spiro atoms. The quantitative estimate of drug-likeness (QED) is 0.444. The van der Waals surface area contributed by atoms with Crippen molar-refractivity contribution in [2.24, 2.45) is 10.9 Å². The standard InChI is InChI=1S/C14H24N4O.HI/c1-11(2)8-9-16-14(15-3)17-10-12-6-5-7-13(18-12)19-4;/h5-7,11H,8-10H2,1-4H3,(H2,15,16,17);1H. The molecule has 0 saturated heterocycles. The highest BCUT2D eigenvalue weighted by Crippen LogP contribution is 2.06. The molecule has 0 aliphatic heterocycles. The number of nitrogens with zero attached hydrogens (tertiary/aromatic N) is 2. The van der Waals surface area contributed by atoms with Gasteiger partial charge in [0.25, 0.3) is 0 Å². The Morgan fingerprint density at radius 1 is 1.35 bits per heavy atom. The van der Waals surface area contributed by atoms with Gasteiger partial charge in [-0.2, -0.15) is 0 Å². The van der Waals surface area contributed by atoms with Gasteiger partial charge in [0, 0.05) is 19.7 Å². The Morgan fingerprint density at radius 2 is 2.10 bits per heavy atom. The first kappa shape index (κ1) is 18.9. The molecule has 0 fully saturated rings. The molecule has 0 atom stereocenters. The van der Waals surface area contributed by atoms with Crippen LogP contribution in [0, 0.1) is 5.92 Å². The lowest BCUT2D eigenvalue weighted by molar-refractivity contribution is 0.396. The zero-order chi connectivity index (χ0) is 14.1. The van der Waals surface area contributed by atoms with Crippen LogP contribution in [0.3, 0.4) is 0 Å². The molecule has 1 aromatic rings. The summed E-state index contributed by atoms with van der Waals surface area (Å²) in [6, 6.07) is 5.72. The van der Waals surface area contributed by atoms with Crippen LogP contribution in [0.2, 0.25) is 0 Å². The van der Waals surface area contributed by atoms with Crippen molar-refractivity contribution in [2.75, 3.05) is 20.7 Å². The summed E-state index contributed by atoms with van der Waals surface area (Å²) in [5, 5.41) is 6.51. The zero-order valence-corrected chi connectivity index (χ0v) is 15.0. The zero-order valence-electron chi connectivity index (χ0n) is 12.6. The maximum atomic E-state index is 5.09. The first-order valence-electron chi connectivity index (χ1n) is 6.60. The molecule has 0 aliphatic rings. The summed E-state index contributed by atoms with van der Waals surface area (Å²) >= 11 is 0. The molecule has 1 heterocycles. The van der Waals surface area contributed by atoms with E-state index >= 15 is 0 Å². The van der Waals surface area contributed by atoms with Crippen molar-refractivity contribution in [3.63, 3.8) is 0 Å². The van der Waals surface area contributed by atoms with Crippen molar-refractivity contribution in [3.8, 4) is 5.88 Å². The molecule has 1 rings (SSSR count). The third-order valence-electron chi connectivity index (χ3n) is 2.67. The summed E-state index contributed by atoms with van der Waals surface area (Å²) in [6.07, 6.45) is 1.12. The molecule has 0 amide bonds. The van der Waals surface area contributed by atoms with E-state index in [1.807, 2.05) is 18.2 Å². The molecule has 2 N–H and O–H groups in total. The van der Waals surface area contributed by atoms with E-state index in [0.717, 1.165) is 24.6 Å². The van der Waals surface area contributed by atoms with Crippen LogP contribution in [0.4, 0.5) is 0 Å². The van der Waals surface area contributed by atoms with Crippen LogP contribution in [0.5, 0.6) is 5.88 Å². The van der Waals surface area contributed by atoms with Gasteiger partial charge in [0.05, 0.1) is 19.3 Å². The maximum Gasteiger partial charge on any atom is 0.213 e. The largest absolute Gasteiger partial charge is 0.481 e. The van der Waals surface area contributed by atoms with Crippen LogP contribution < -0.4 is 15.4 Å². The predicted octanol–water partition coefficient (Wildman–Crippen LogP) is 2.42. The van der Waals surface area contributed by atoms with Crippen molar-refractivity contribution in [1.82, 2.24) is 15.6 Å². The van der Waals surface area contributed by atoms with E-state index in [1.165, 1.54) is 0 Å². The Hall–Kier alpha value is -1.05. The van der Waals surface area contributed by atoms with Crippen LogP contribution >= 0.6 is 24.0 Å². The molecule has 0 saturated carbocycles. The molecule has 6 heteroatoms. The van der Waals surface area contributed by atoms with Crippen molar-refractivity contribution < 1.29 is 4.74 Å². The van der Waals surface area contributed by atoms with Crippen LogP contribution in [-0.4, -0.2) is 31.6 Å². The lowest BCUT2D eigenvalue weighted by Gasteiger charge is -2.12. The summed E-state index contributed by atoms with van der Waals surface area (Å²) in [7, 11) is 3.38. The number of hydrogen-bond donors (Lipinski definition) is 2. The third kappa shape index (κ3) is 7.52. The molecule has 1 aromatic heterocycles. The summed E-state index contributed by atoms with van der Waals surface area (Å²) in [6.45, 7) is 5.96. The van der Waals surface area contributed by atoms with Gasteiger partial charge in [0.2, 0.25) is 5.88 Å². The van der Waals surface area contributed by atoms with Crippen molar-refractivity contribution in [1.29, 1.82) is 0 Å². The minimum atomic E-state index is 0. The first-order valence-corrected chi connectivity index (χ1v) is 6.60. The highest BCUT2D eigenvalue weighted by atomic mass is 127. The van der Waals surface area contributed by atoms with Crippen molar-refractivity contribution in [3.05, 3.63) is 23.9 Å². The van der Waals surface area contributed by atoms with Crippen molar-refractivity contribution in [2.45, 2.75) is 26.8 Å². The average molecular weight is 392 g/mol. The van der Waals surface area contributed by atoms with Gasteiger partial charge in [0.1, 0.15) is 0 Å². The van der Waals surface area contributed by atoms with Gasteiger partial charge in [-0.3, -0.25) is 4.99 Å². The molecule has 5 nitrogen and oxygen atoms in total. The number of guanidine groups is 1. The van der Waals surface area contributed by atoms with E-state index in [1.54, 1.807) is 14.2 Å². The molecule has 0 unspecified atom stereocenters. The summed E-state index contributed by atoms with van der Waals surface area (Å²) in [5.41, 5.74) is 0.922. The van der Waals surface area contributed by atoms with E-state index in [0.29, 0.717) is 18.3 Å². The average Bonchev–Trinajstić information content (AvgIpc) is 2.42. The third-order valence-corrected chi connectivity index (χ3v) is 2.67. The highest BCUT2D eigenvalue weighted by Gasteiger charge is 2.01. The summed E-state index contributed by atoms with van der Waals surface area (Å²) in [5.74, 6) is 2.11. The fourth-order valence-corrected chi connectivity index (χ4v) is 1.54. The molecular formula is C14H25IN4O. The molecule has 0 bridgehead atoms. The lowest BCUT2D eigenvalue weighted by Crippen LogP contribution is -2.37. The number of rotatable bonds is 6. The number of pyridine rings is 1. The molecule has 0 aromatic carbocycles. The molecule has 0 radical (unpaired) electrons. The summed E-state index contributed by atoms with van der Waals surface area (Å²) < 4.78 is 5.09. The Morgan fingerprint density at radius 3 is 2.70 bits per heavy atom. The van der Waals surface area contributed by atoms with Crippen molar-refractivity contribution >= 4 is 29.9 Å². The first-order chi connectivity index (χ1) is 9.15. The number of ether oxygens (including phenoxy) is 1.